The van der Waals surface area contributed by atoms with Crippen molar-refractivity contribution in [2.24, 2.45) is 0 Å². The first-order valence-electron chi connectivity index (χ1n) is 9.82. The van der Waals surface area contributed by atoms with Gasteiger partial charge in [0, 0.05) is 11.6 Å². The maximum absolute atomic E-state index is 13.1. The Morgan fingerprint density at radius 2 is 1.57 bits per heavy atom. The van der Waals surface area contributed by atoms with Crippen molar-refractivity contribution in [1.82, 2.24) is 4.31 Å². The quantitative estimate of drug-likeness (QED) is 0.724. The highest BCUT2D eigenvalue weighted by atomic mass is 32.2. The van der Waals surface area contributed by atoms with E-state index in [4.69, 9.17) is 9.47 Å². The van der Waals surface area contributed by atoms with Crippen LogP contribution in [0.1, 0.15) is 19.4 Å². The maximum Gasteiger partial charge on any atom is 0.243 e. The van der Waals surface area contributed by atoms with Crippen LogP contribution in [0, 0.1) is 0 Å². The number of hydrogen-bond donors (Lipinski definition) is 1. The summed E-state index contributed by atoms with van der Waals surface area (Å²) >= 11 is 0. The molecule has 0 unspecified atom stereocenters. The minimum Gasteiger partial charge on any atom is -0.490 e. The second-order valence-corrected chi connectivity index (χ2v) is 8.73. The number of ether oxygens (including phenoxy) is 2. The van der Waals surface area contributed by atoms with Gasteiger partial charge in [-0.15, -0.1) is 0 Å². The molecule has 1 heterocycles. The van der Waals surface area contributed by atoms with Gasteiger partial charge < -0.3 is 14.4 Å². The van der Waals surface area contributed by atoms with Gasteiger partial charge in [0.25, 0.3) is 0 Å². The highest BCUT2D eigenvalue weighted by Crippen LogP contribution is 2.31. The zero-order valence-corrected chi connectivity index (χ0v) is 17.4. The Hall–Kier alpha value is -2.09. The number of rotatable bonds is 8. The molecule has 7 heteroatoms. The van der Waals surface area contributed by atoms with Gasteiger partial charge in [0.05, 0.1) is 44.3 Å². The first-order valence-corrected chi connectivity index (χ1v) is 11.3. The normalized spacial score (nSPS) is 16.1. The van der Waals surface area contributed by atoms with Crippen molar-refractivity contribution >= 4 is 10.0 Å². The van der Waals surface area contributed by atoms with Gasteiger partial charge in [-0.25, -0.2) is 8.42 Å². The van der Waals surface area contributed by atoms with Crippen molar-refractivity contribution in [1.29, 1.82) is 0 Å². The van der Waals surface area contributed by atoms with Gasteiger partial charge in [-0.3, -0.25) is 0 Å². The molecular weight excluding hydrogens is 376 g/mol. The minimum absolute atomic E-state index is 0.255. The second kappa shape index (κ2) is 9.41. The number of hydrogen-bond acceptors (Lipinski definition) is 4. The monoisotopic (exact) mass is 405 g/mol. The summed E-state index contributed by atoms with van der Waals surface area (Å²) in [6, 6.07) is 15.2. The molecule has 152 valence electrons. The average Bonchev–Trinajstić information content (AvgIpc) is 2.71. The van der Waals surface area contributed by atoms with Gasteiger partial charge in [-0.1, -0.05) is 30.3 Å². The number of benzene rings is 2. The smallest absolute Gasteiger partial charge is 0.243 e. The van der Waals surface area contributed by atoms with Crippen molar-refractivity contribution in [3.63, 3.8) is 0 Å². The number of sulfonamides is 1. The molecule has 2 aromatic carbocycles. The Morgan fingerprint density at radius 1 is 0.929 bits per heavy atom. The minimum atomic E-state index is -3.55. The molecule has 0 radical (unpaired) electrons. The van der Waals surface area contributed by atoms with E-state index < -0.39 is 10.0 Å². The van der Waals surface area contributed by atoms with Crippen molar-refractivity contribution in [2.45, 2.75) is 25.3 Å². The van der Waals surface area contributed by atoms with Gasteiger partial charge in [0.15, 0.2) is 11.5 Å². The Labute approximate surface area is 167 Å². The molecule has 0 saturated carbocycles. The van der Waals surface area contributed by atoms with E-state index in [1.165, 1.54) is 10.5 Å². The van der Waals surface area contributed by atoms with Crippen LogP contribution in [0.25, 0.3) is 0 Å². The van der Waals surface area contributed by atoms with Gasteiger partial charge >= 0.3 is 0 Å². The predicted molar refractivity (Wildman–Crippen MR) is 108 cm³/mol. The Balaban J connectivity index is 1.69. The van der Waals surface area contributed by atoms with Gasteiger partial charge in [-0.05, 0) is 26.0 Å². The van der Waals surface area contributed by atoms with Crippen LogP contribution in [0.5, 0.6) is 11.5 Å². The summed E-state index contributed by atoms with van der Waals surface area (Å²) in [5.41, 5.74) is 1.28. The molecule has 1 saturated heterocycles. The molecule has 2 aromatic rings. The zero-order valence-electron chi connectivity index (χ0n) is 16.6. The van der Waals surface area contributed by atoms with Crippen LogP contribution in [-0.4, -0.2) is 52.1 Å². The van der Waals surface area contributed by atoms with Crippen LogP contribution in [0.3, 0.4) is 0 Å². The molecule has 1 aliphatic heterocycles. The van der Waals surface area contributed by atoms with E-state index >= 15 is 0 Å². The summed E-state index contributed by atoms with van der Waals surface area (Å²) in [6.07, 6.45) is 0. The molecule has 3 rings (SSSR count). The Bertz CT molecular complexity index is 863. The van der Waals surface area contributed by atoms with Crippen molar-refractivity contribution in [3.05, 3.63) is 54.1 Å². The van der Waals surface area contributed by atoms with Crippen molar-refractivity contribution in [2.75, 3.05) is 39.4 Å². The van der Waals surface area contributed by atoms with Crippen LogP contribution >= 0.6 is 0 Å². The summed E-state index contributed by atoms with van der Waals surface area (Å²) in [5, 5.41) is 0. The fourth-order valence-corrected chi connectivity index (χ4v) is 4.90. The van der Waals surface area contributed by atoms with E-state index in [9.17, 15) is 8.42 Å². The predicted octanol–water partition coefficient (Wildman–Crippen LogP) is 1.57. The lowest BCUT2D eigenvalue weighted by atomic mass is 10.2. The summed E-state index contributed by atoms with van der Waals surface area (Å²) < 4.78 is 38.9. The molecule has 0 aromatic heterocycles. The van der Waals surface area contributed by atoms with E-state index in [0.29, 0.717) is 37.8 Å². The van der Waals surface area contributed by atoms with Crippen molar-refractivity contribution < 1.29 is 22.8 Å². The third-order valence-corrected chi connectivity index (χ3v) is 6.77. The summed E-state index contributed by atoms with van der Waals surface area (Å²) in [5.74, 6) is 1.04. The lowest BCUT2D eigenvalue weighted by molar-refractivity contribution is -0.917. The van der Waals surface area contributed by atoms with E-state index in [0.717, 1.165) is 19.6 Å². The molecule has 1 aliphatic rings. The number of quaternary nitrogens is 1. The lowest BCUT2D eigenvalue weighted by Gasteiger charge is -2.31. The van der Waals surface area contributed by atoms with Gasteiger partial charge in [0.1, 0.15) is 6.54 Å². The first kappa shape index (κ1) is 20.6. The van der Waals surface area contributed by atoms with E-state index in [1.807, 2.05) is 32.0 Å². The van der Waals surface area contributed by atoms with Crippen molar-refractivity contribution in [3.8, 4) is 11.5 Å². The van der Waals surface area contributed by atoms with Gasteiger partial charge in [0.2, 0.25) is 10.0 Å². The van der Waals surface area contributed by atoms with Crippen LogP contribution < -0.4 is 14.4 Å². The van der Waals surface area contributed by atoms with Crippen LogP contribution in [0.4, 0.5) is 0 Å². The summed E-state index contributed by atoms with van der Waals surface area (Å²) in [6.45, 7) is 8.25. The molecule has 0 spiro atoms. The molecule has 0 amide bonds. The van der Waals surface area contributed by atoms with E-state index in [2.05, 4.69) is 12.1 Å². The van der Waals surface area contributed by atoms with E-state index in [1.54, 1.807) is 22.5 Å². The fraction of sp³-hybridized carbons (Fsp3) is 0.429. The summed E-state index contributed by atoms with van der Waals surface area (Å²) in [4.78, 5) is 1.66. The summed E-state index contributed by atoms with van der Waals surface area (Å²) in [7, 11) is -3.55. The fourth-order valence-electron chi connectivity index (χ4n) is 3.45. The molecule has 0 aliphatic carbocycles. The van der Waals surface area contributed by atoms with Crippen LogP contribution in [0.2, 0.25) is 0 Å². The molecular formula is C21H29N2O4S+. The molecule has 6 nitrogen and oxygen atoms in total. The Morgan fingerprint density at radius 3 is 2.21 bits per heavy atom. The molecule has 0 atom stereocenters. The molecule has 0 bridgehead atoms. The standard InChI is InChI=1S/C21H28N2O4S/c1-3-26-20-11-10-19(16-21(20)27-4-2)28(24,25)23-14-12-22(13-15-23)17-18-8-6-5-7-9-18/h5-11,16H,3-4,12-15,17H2,1-2H3/p+1. The SMILES string of the molecule is CCOc1ccc(S(=O)(=O)N2CC[NH+](Cc3ccccc3)CC2)cc1OCC. The number of nitrogens with zero attached hydrogens (tertiary/aromatic N) is 1. The molecule has 1 fully saturated rings. The molecule has 28 heavy (non-hydrogen) atoms. The number of piperazine rings is 1. The zero-order chi connectivity index (χ0) is 20.0. The highest BCUT2D eigenvalue weighted by molar-refractivity contribution is 7.89. The van der Waals surface area contributed by atoms with Crippen LogP contribution in [-0.2, 0) is 16.6 Å². The molecule has 1 N–H and O–H groups in total. The highest BCUT2D eigenvalue weighted by Gasteiger charge is 2.31. The Kier molecular flexibility index (Phi) is 6.93. The van der Waals surface area contributed by atoms with E-state index in [-0.39, 0.29) is 4.90 Å². The third-order valence-electron chi connectivity index (χ3n) is 4.88. The maximum atomic E-state index is 13.1. The lowest BCUT2D eigenvalue weighted by Crippen LogP contribution is -3.13. The topological polar surface area (TPSA) is 60.3 Å². The third kappa shape index (κ3) is 4.84. The van der Waals surface area contributed by atoms with Gasteiger partial charge in [-0.2, -0.15) is 4.31 Å². The average molecular weight is 406 g/mol. The first-order chi connectivity index (χ1) is 13.5. The largest absolute Gasteiger partial charge is 0.490 e. The van der Waals surface area contributed by atoms with Crippen LogP contribution in [0.15, 0.2) is 53.4 Å². The second-order valence-electron chi connectivity index (χ2n) is 6.79. The number of nitrogens with one attached hydrogen (secondary N) is 1.